The minimum atomic E-state index is 0.811. The minimum Gasteiger partial charge on any atom is -0.373 e. The number of anilines is 1. The minimum absolute atomic E-state index is 0.811. The lowest BCUT2D eigenvalue weighted by Gasteiger charge is -2.04. The topological polar surface area (TPSA) is 37.8 Å². The quantitative estimate of drug-likeness (QED) is 0.865. The first-order valence-electron chi connectivity index (χ1n) is 5.21. The molecule has 0 bridgehead atoms. The van der Waals surface area contributed by atoms with Gasteiger partial charge in [-0.15, -0.1) is 11.3 Å². The number of rotatable bonds is 2. The van der Waals surface area contributed by atoms with Crippen LogP contribution in [-0.2, 0) is 0 Å². The van der Waals surface area contributed by atoms with Crippen LogP contribution in [0.2, 0.25) is 0 Å². The molecule has 0 unspecified atom stereocenters. The normalized spacial score (nSPS) is 10.5. The summed E-state index contributed by atoms with van der Waals surface area (Å²) < 4.78 is 0. The largest absolute Gasteiger partial charge is 0.373 e. The van der Waals surface area contributed by atoms with Gasteiger partial charge in [-0.2, -0.15) is 0 Å². The summed E-state index contributed by atoms with van der Waals surface area (Å²) in [5, 5.41) is 3.06. The van der Waals surface area contributed by atoms with E-state index in [0.29, 0.717) is 0 Å². The van der Waals surface area contributed by atoms with Gasteiger partial charge in [0.1, 0.15) is 5.82 Å². The molecule has 0 amide bonds. The van der Waals surface area contributed by atoms with E-state index in [1.54, 1.807) is 11.3 Å². The maximum atomic E-state index is 4.48. The molecule has 0 fully saturated rings. The molecule has 0 spiro atoms. The second kappa shape index (κ2) is 4.22. The molecule has 16 heavy (non-hydrogen) atoms. The molecule has 0 saturated carbocycles. The van der Waals surface area contributed by atoms with Crippen molar-refractivity contribution in [3.8, 4) is 11.4 Å². The number of aromatic nitrogens is 2. The van der Waals surface area contributed by atoms with Gasteiger partial charge in [0.05, 0.1) is 0 Å². The van der Waals surface area contributed by atoms with Crippen LogP contribution < -0.4 is 5.32 Å². The maximum absolute atomic E-state index is 4.48. The predicted molar refractivity (Wildman–Crippen MR) is 69.1 cm³/mol. The van der Waals surface area contributed by atoms with Crippen LogP contribution in [0.1, 0.15) is 15.4 Å². The Balaban J connectivity index is 2.55. The van der Waals surface area contributed by atoms with E-state index in [-0.39, 0.29) is 0 Å². The molecule has 0 radical (unpaired) electrons. The molecule has 0 saturated heterocycles. The van der Waals surface area contributed by atoms with Crippen molar-refractivity contribution >= 4 is 17.2 Å². The van der Waals surface area contributed by atoms with Gasteiger partial charge >= 0.3 is 0 Å². The predicted octanol–water partition coefficient (Wildman–Crippen LogP) is 3.17. The third-order valence-corrected chi connectivity index (χ3v) is 3.36. The summed E-state index contributed by atoms with van der Waals surface area (Å²) in [6.45, 7) is 6.20. The van der Waals surface area contributed by atoms with Crippen molar-refractivity contribution in [3.05, 3.63) is 27.6 Å². The molecular formula is C12H15N3S. The summed E-state index contributed by atoms with van der Waals surface area (Å²) in [6, 6.07) is 4.09. The Bertz CT molecular complexity index is 517. The Labute approximate surface area is 99.6 Å². The van der Waals surface area contributed by atoms with Crippen LogP contribution >= 0.6 is 11.3 Å². The third-order valence-electron chi connectivity index (χ3n) is 2.39. The molecular weight excluding hydrogens is 218 g/mol. The Kier molecular flexibility index (Phi) is 2.92. The lowest BCUT2D eigenvalue weighted by atomic mass is 10.2. The van der Waals surface area contributed by atoms with E-state index >= 15 is 0 Å². The van der Waals surface area contributed by atoms with E-state index in [4.69, 9.17) is 0 Å². The lowest BCUT2D eigenvalue weighted by molar-refractivity contribution is 1.11. The summed E-state index contributed by atoms with van der Waals surface area (Å²) >= 11 is 1.78. The zero-order chi connectivity index (χ0) is 11.7. The fourth-order valence-electron chi connectivity index (χ4n) is 1.67. The molecule has 0 aliphatic carbocycles. The van der Waals surface area contributed by atoms with Gasteiger partial charge in [-0.25, -0.2) is 9.97 Å². The van der Waals surface area contributed by atoms with Gasteiger partial charge in [-0.1, -0.05) is 0 Å². The summed E-state index contributed by atoms with van der Waals surface area (Å²) in [7, 11) is 1.87. The Morgan fingerprint density at radius 2 is 1.88 bits per heavy atom. The highest BCUT2D eigenvalue weighted by atomic mass is 32.1. The van der Waals surface area contributed by atoms with Crippen molar-refractivity contribution in [2.24, 2.45) is 0 Å². The third kappa shape index (κ3) is 2.07. The summed E-state index contributed by atoms with van der Waals surface area (Å²) in [6.07, 6.45) is 0. The highest BCUT2D eigenvalue weighted by Gasteiger charge is 2.09. The fourth-order valence-corrected chi connectivity index (χ4v) is 2.59. The average Bonchev–Trinajstić information content (AvgIpc) is 2.57. The molecule has 0 aromatic carbocycles. The van der Waals surface area contributed by atoms with E-state index in [2.05, 4.69) is 35.2 Å². The van der Waals surface area contributed by atoms with E-state index in [0.717, 1.165) is 22.9 Å². The van der Waals surface area contributed by atoms with Crippen LogP contribution in [-0.4, -0.2) is 17.0 Å². The van der Waals surface area contributed by atoms with Gasteiger partial charge in [-0.05, 0) is 26.8 Å². The second-order valence-electron chi connectivity index (χ2n) is 3.80. The van der Waals surface area contributed by atoms with Crippen molar-refractivity contribution in [1.29, 1.82) is 0 Å². The number of nitrogens with zero attached hydrogens (tertiary/aromatic N) is 2. The summed E-state index contributed by atoms with van der Waals surface area (Å²) in [5.74, 6) is 1.68. The number of thiophene rings is 1. The van der Waals surface area contributed by atoms with Gasteiger partial charge in [0.25, 0.3) is 0 Å². The Hall–Kier alpha value is -1.42. The maximum Gasteiger partial charge on any atom is 0.162 e. The molecule has 2 aromatic heterocycles. The van der Waals surface area contributed by atoms with Crippen molar-refractivity contribution in [2.45, 2.75) is 20.8 Å². The molecule has 2 rings (SSSR count). The average molecular weight is 233 g/mol. The van der Waals surface area contributed by atoms with Gasteiger partial charge in [0.15, 0.2) is 5.82 Å². The van der Waals surface area contributed by atoms with E-state index in [1.807, 2.05) is 20.0 Å². The van der Waals surface area contributed by atoms with Gasteiger partial charge < -0.3 is 5.32 Å². The molecule has 2 aromatic rings. The molecule has 2 heterocycles. The van der Waals surface area contributed by atoms with Crippen molar-refractivity contribution in [1.82, 2.24) is 9.97 Å². The summed E-state index contributed by atoms with van der Waals surface area (Å²) in [5.41, 5.74) is 2.13. The van der Waals surface area contributed by atoms with Gasteiger partial charge in [-0.3, -0.25) is 0 Å². The smallest absolute Gasteiger partial charge is 0.162 e. The van der Waals surface area contributed by atoms with Crippen molar-refractivity contribution < 1.29 is 0 Å². The second-order valence-corrected chi connectivity index (χ2v) is 5.26. The Morgan fingerprint density at radius 3 is 2.44 bits per heavy atom. The number of nitrogens with one attached hydrogen (secondary N) is 1. The zero-order valence-corrected chi connectivity index (χ0v) is 10.8. The first kappa shape index (κ1) is 11.1. The van der Waals surface area contributed by atoms with Gasteiger partial charge in [0, 0.05) is 34.1 Å². The number of hydrogen-bond donors (Lipinski definition) is 1. The van der Waals surface area contributed by atoms with Gasteiger partial charge in [0.2, 0.25) is 0 Å². The first-order valence-corrected chi connectivity index (χ1v) is 6.02. The van der Waals surface area contributed by atoms with E-state index in [1.165, 1.54) is 9.75 Å². The molecule has 0 atom stereocenters. The van der Waals surface area contributed by atoms with Crippen molar-refractivity contribution in [3.63, 3.8) is 0 Å². The Morgan fingerprint density at radius 1 is 1.12 bits per heavy atom. The molecule has 3 nitrogen and oxygen atoms in total. The highest BCUT2D eigenvalue weighted by molar-refractivity contribution is 7.12. The van der Waals surface area contributed by atoms with E-state index < -0.39 is 0 Å². The van der Waals surface area contributed by atoms with Crippen molar-refractivity contribution in [2.75, 3.05) is 12.4 Å². The van der Waals surface area contributed by atoms with Crippen LogP contribution in [0.5, 0.6) is 0 Å². The molecule has 0 aliphatic rings. The monoisotopic (exact) mass is 233 g/mol. The standard InChI is InChI=1S/C12H15N3S/c1-7-5-11(13-4)15-12(14-7)10-6-8(2)16-9(10)3/h5-6H,1-4H3,(H,13,14,15). The molecule has 4 heteroatoms. The van der Waals surface area contributed by atoms with Crippen LogP contribution in [0, 0.1) is 20.8 Å². The van der Waals surface area contributed by atoms with Crippen LogP contribution in [0.15, 0.2) is 12.1 Å². The van der Waals surface area contributed by atoms with Crippen LogP contribution in [0.3, 0.4) is 0 Å². The SMILES string of the molecule is CNc1cc(C)nc(-c2cc(C)sc2C)n1. The van der Waals surface area contributed by atoms with Crippen LogP contribution in [0.4, 0.5) is 5.82 Å². The fraction of sp³-hybridized carbons (Fsp3) is 0.333. The first-order chi connectivity index (χ1) is 7.60. The van der Waals surface area contributed by atoms with Crippen LogP contribution in [0.25, 0.3) is 11.4 Å². The number of hydrogen-bond acceptors (Lipinski definition) is 4. The van der Waals surface area contributed by atoms with E-state index in [9.17, 15) is 0 Å². The lowest BCUT2D eigenvalue weighted by Crippen LogP contribution is -1.98. The highest BCUT2D eigenvalue weighted by Crippen LogP contribution is 2.28. The zero-order valence-electron chi connectivity index (χ0n) is 9.96. The molecule has 1 N–H and O–H groups in total. The molecule has 84 valence electrons. The molecule has 0 aliphatic heterocycles. The number of aryl methyl sites for hydroxylation is 3. The summed E-state index contributed by atoms with van der Waals surface area (Å²) in [4.78, 5) is 11.5.